The average Bonchev–Trinajstić information content (AvgIpc) is 2.80. The number of benzene rings is 1. The first-order valence-electron chi connectivity index (χ1n) is 6.83. The first-order valence-corrected chi connectivity index (χ1v) is 8.27. The summed E-state index contributed by atoms with van der Waals surface area (Å²) < 4.78 is 27.8. The number of hydrogen-bond acceptors (Lipinski definition) is 5. The Morgan fingerprint density at radius 3 is 2.61 bits per heavy atom. The van der Waals surface area contributed by atoms with Crippen molar-refractivity contribution in [3.8, 4) is 0 Å². The van der Waals surface area contributed by atoms with E-state index in [-0.39, 0.29) is 23.2 Å². The molecule has 1 N–H and O–H groups in total. The van der Waals surface area contributed by atoms with Crippen LogP contribution in [-0.4, -0.2) is 43.6 Å². The zero-order valence-corrected chi connectivity index (χ0v) is 13.1. The Labute approximate surface area is 133 Å². The number of nitrogens with zero attached hydrogens (tertiary/aromatic N) is 3. The van der Waals surface area contributed by atoms with Crippen molar-refractivity contribution in [1.29, 1.82) is 0 Å². The topological polar surface area (TPSA) is 91.7 Å². The molecule has 0 saturated heterocycles. The normalized spacial score (nSPS) is 14.7. The summed E-state index contributed by atoms with van der Waals surface area (Å²) in [6, 6.07) is 9.91. The van der Waals surface area contributed by atoms with Crippen LogP contribution in [-0.2, 0) is 14.8 Å². The van der Waals surface area contributed by atoms with E-state index >= 15 is 0 Å². The summed E-state index contributed by atoms with van der Waals surface area (Å²) in [7, 11) is -2.06. The molecular weight excluding hydrogens is 316 g/mol. The summed E-state index contributed by atoms with van der Waals surface area (Å²) in [6.45, 7) is -0.0228. The van der Waals surface area contributed by atoms with Crippen LogP contribution < -0.4 is 5.32 Å². The third kappa shape index (κ3) is 3.07. The van der Waals surface area contributed by atoms with Gasteiger partial charge in [0.25, 0.3) is 10.0 Å². The number of sulfonamides is 1. The molecule has 0 unspecified atom stereocenters. The number of rotatable bonds is 3. The molecule has 1 aromatic carbocycles. The maximum absolute atomic E-state index is 12.1. The van der Waals surface area contributed by atoms with Gasteiger partial charge in [0.15, 0.2) is 5.84 Å². The molecule has 1 amide bonds. The zero-order valence-electron chi connectivity index (χ0n) is 12.3. The number of carbonyl (C=O) groups is 1. The SMILES string of the molecule is CN(CC(=O)Nc1ccncc1)C1=NS(=O)(=O)c2ccccc21. The lowest BCUT2D eigenvalue weighted by Crippen LogP contribution is -2.34. The molecule has 1 aromatic heterocycles. The van der Waals surface area contributed by atoms with E-state index in [4.69, 9.17) is 0 Å². The van der Waals surface area contributed by atoms with Crippen molar-refractivity contribution in [2.24, 2.45) is 4.40 Å². The van der Waals surface area contributed by atoms with E-state index in [0.717, 1.165) is 0 Å². The number of pyridine rings is 1. The number of amides is 1. The summed E-state index contributed by atoms with van der Waals surface area (Å²) >= 11 is 0. The van der Waals surface area contributed by atoms with Crippen LogP contribution in [0.1, 0.15) is 5.56 Å². The molecule has 3 rings (SSSR count). The Balaban J connectivity index is 1.77. The van der Waals surface area contributed by atoms with E-state index in [9.17, 15) is 13.2 Å². The highest BCUT2D eigenvalue weighted by molar-refractivity contribution is 7.90. The van der Waals surface area contributed by atoms with Gasteiger partial charge in [-0.2, -0.15) is 8.42 Å². The lowest BCUT2D eigenvalue weighted by Gasteiger charge is -2.18. The van der Waals surface area contributed by atoms with Crippen molar-refractivity contribution >= 4 is 27.5 Å². The Kier molecular flexibility index (Phi) is 3.83. The quantitative estimate of drug-likeness (QED) is 0.910. The standard InChI is InChI=1S/C15H14N4O3S/c1-19(10-14(20)17-11-6-8-16-9-7-11)15-12-4-2-3-5-13(12)23(21,22)18-15/h2-9H,10H2,1H3,(H,16,17,20). The van der Waals surface area contributed by atoms with Gasteiger partial charge in [0.05, 0.1) is 6.54 Å². The molecule has 1 aliphatic heterocycles. The molecule has 0 atom stereocenters. The van der Waals surface area contributed by atoms with Crippen LogP contribution in [0.15, 0.2) is 58.1 Å². The molecule has 0 aliphatic carbocycles. The fourth-order valence-corrected chi connectivity index (χ4v) is 3.54. The molecule has 0 bridgehead atoms. The fourth-order valence-electron chi connectivity index (χ4n) is 2.29. The van der Waals surface area contributed by atoms with Crippen molar-refractivity contribution in [1.82, 2.24) is 9.88 Å². The molecule has 0 fully saturated rings. The van der Waals surface area contributed by atoms with E-state index in [2.05, 4.69) is 14.7 Å². The van der Waals surface area contributed by atoms with Gasteiger partial charge in [-0.25, -0.2) is 0 Å². The highest BCUT2D eigenvalue weighted by Crippen LogP contribution is 2.26. The molecule has 7 nitrogen and oxygen atoms in total. The number of aromatic nitrogens is 1. The first-order chi connectivity index (χ1) is 11.0. The minimum absolute atomic E-state index is 0.0228. The van der Waals surface area contributed by atoms with Gasteiger partial charge in [-0.15, -0.1) is 4.40 Å². The maximum Gasteiger partial charge on any atom is 0.285 e. The maximum atomic E-state index is 12.1. The van der Waals surface area contributed by atoms with Crippen LogP contribution in [0.3, 0.4) is 0 Å². The third-order valence-electron chi connectivity index (χ3n) is 3.32. The van der Waals surface area contributed by atoms with E-state index in [0.29, 0.717) is 11.3 Å². The van der Waals surface area contributed by atoms with Crippen molar-refractivity contribution in [2.75, 3.05) is 18.9 Å². The minimum Gasteiger partial charge on any atom is -0.349 e. The Bertz CT molecular complexity index is 879. The molecule has 0 saturated carbocycles. The Hall–Kier alpha value is -2.74. The molecule has 2 heterocycles. The monoisotopic (exact) mass is 330 g/mol. The predicted octanol–water partition coefficient (Wildman–Crippen LogP) is 1.10. The lowest BCUT2D eigenvalue weighted by atomic mass is 10.2. The summed E-state index contributed by atoms with van der Waals surface area (Å²) in [5.41, 5.74) is 1.13. The highest BCUT2D eigenvalue weighted by Gasteiger charge is 2.30. The number of carbonyl (C=O) groups excluding carboxylic acids is 1. The number of likely N-dealkylation sites (N-methyl/N-ethyl adjacent to an activating group) is 1. The molecule has 2 aromatic rings. The van der Waals surface area contributed by atoms with Gasteiger partial charge in [0.1, 0.15) is 4.90 Å². The van der Waals surface area contributed by atoms with Crippen LogP contribution in [0.2, 0.25) is 0 Å². The van der Waals surface area contributed by atoms with E-state index < -0.39 is 10.0 Å². The summed E-state index contributed by atoms with van der Waals surface area (Å²) in [6.07, 6.45) is 3.15. The largest absolute Gasteiger partial charge is 0.349 e. The number of anilines is 1. The number of fused-ring (bicyclic) bond motifs is 1. The van der Waals surface area contributed by atoms with Gasteiger partial charge in [0.2, 0.25) is 5.91 Å². The van der Waals surface area contributed by atoms with E-state index in [1.165, 1.54) is 11.0 Å². The van der Waals surface area contributed by atoms with Gasteiger partial charge in [0, 0.05) is 30.7 Å². The van der Waals surface area contributed by atoms with Crippen molar-refractivity contribution < 1.29 is 13.2 Å². The fraction of sp³-hybridized carbons (Fsp3) is 0.133. The van der Waals surface area contributed by atoms with Crippen molar-refractivity contribution in [3.05, 3.63) is 54.4 Å². The first kappa shape index (κ1) is 15.2. The Morgan fingerprint density at radius 1 is 1.17 bits per heavy atom. The molecular formula is C15H14N4O3S. The Morgan fingerprint density at radius 2 is 1.87 bits per heavy atom. The second-order valence-electron chi connectivity index (χ2n) is 5.03. The van der Waals surface area contributed by atoms with Crippen LogP contribution in [0.4, 0.5) is 5.69 Å². The molecule has 0 spiro atoms. The van der Waals surface area contributed by atoms with E-state index in [1.807, 2.05) is 0 Å². The van der Waals surface area contributed by atoms with Gasteiger partial charge in [-0.3, -0.25) is 9.78 Å². The number of hydrogen-bond donors (Lipinski definition) is 1. The van der Waals surface area contributed by atoms with Gasteiger partial charge in [-0.05, 0) is 24.3 Å². The summed E-state index contributed by atoms with van der Waals surface area (Å²) in [5.74, 6) is -0.00587. The van der Waals surface area contributed by atoms with E-state index in [1.54, 1.807) is 49.8 Å². The lowest BCUT2D eigenvalue weighted by molar-refractivity contribution is -0.116. The van der Waals surface area contributed by atoms with Crippen molar-refractivity contribution in [2.45, 2.75) is 4.90 Å². The second-order valence-corrected chi connectivity index (χ2v) is 6.60. The van der Waals surface area contributed by atoms with Gasteiger partial charge in [-0.1, -0.05) is 12.1 Å². The molecule has 8 heteroatoms. The smallest absolute Gasteiger partial charge is 0.285 e. The van der Waals surface area contributed by atoms with Gasteiger partial charge >= 0.3 is 0 Å². The second kappa shape index (κ2) is 5.81. The van der Waals surface area contributed by atoms with Crippen LogP contribution in [0.5, 0.6) is 0 Å². The molecule has 23 heavy (non-hydrogen) atoms. The highest BCUT2D eigenvalue weighted by atomic mass is 32.2. The van der Waals surface area contributed by atoms with Gasteiger partial charge < -0.3 is 10.2 Å². The predicted molar refractivity (Wildman–Crippen MR) is 85.7 cm³/mol. The van der Waals surface area contributed by atoms with Crippen LogP contribution in [0.25, 0.3) is 0 Å². The van der Waals surface area contributed by atoms with Crippen LogP contribution in [0, 0.1) is 0 Å². The molecule has 118 valence electrons. The van der Waals surface area contributed by atoms with Crippen LogP contribution >= 0.6 is 0 Å². The summed E-state index contributed by atoms with van der Waals surface area (Å²) in [5, 5.41) is 2.72. The minimum atomic E-state index is -3.69. The van der Waals surface area contributed by atoms with Crippen molar-refractivity contribution in [3.63, 3.8) is 0 Å². The third-order valence-corrected chi connectivity index (χ3v) is 4.64. The molecule has 1 aliphatic rings. The molecule has 0 radical (unpaired) electrons. The average molecular weight is 330 g/mol. The zero-order chi connectivity index (χ0) is 16.4. The summed E-state index contributed by atoms with van der Waals surface area (Å²) in [4.78, 5) is 17.6. The number of nitrogens with one attached hydrogen (secondary N) is 1. The number of amidine groups is 1.